The van der Waals surface area contributed by atoms with Gasteiger partial charge in [-0.2, -0.15) is 0 Å². The van der Waals surface area contributed by atoms with E-state index in [1.165, 1.54) is 0 Å². The molecule has 1 amide bonds. The largest absolute Gasteiger partial charge is 0.430 e. The third kappa shape index (κ3) is 3.91. The van der Waals surface area contributed by atoms with Crippen LogP contribution in [0.5, 0.6) is 0 Å². The van der Waals surface area contributed by atoms with Crippen molar-refractivity contribution in [3.63, 3.8) is 0 Å². The van der Waals surface area contributed by atoms with Crippen molar-refractivity contribution in [2.45, 2.75) is 19.9 Å². The number of benzene rings is 1. The van der Waals surface area contributed by atoms with Crippen LogP contribution in [0.25, 0.3) is 0 Å². The first-order chi connectivity index (χ1) is 6.68. The zero-order chi connectivity index (χ0) is 10.4. The molecule has 76 valence electrons. The molecule has 0 atom stereocenters. The third-order valence-corrected chi connectivity index (χ3v) is 1.41. The highest BCUT2D eigenvalue weighted by Gasteiger charge is 2.02. The Hall–Kier alpha value is -1.55. The van der Waals surface area contributed by atoms with Crippen LogP contribution in [0.3, 0.4) is 0 Å². The molecule has 4 heteroatoms. The van der Waals surface area contributed by atoms with Gasteiger partial charge in [0.05, 0.1) is 0 Å². The van der Waals surface area contributed by atoms with E-state index in [1.54, 1.807) is 12.1 Å². The van der Waals surface area contributed by atoms with Crippen LogP contribution in [0.15, 0.2) is 30.3 Å². The lowest BCUT2D eigenvalue weighted by Gasteiger charge is -2.09. The van der Waals surface area contributed by atoms with Crippen LogP contribution in [-0.2, 0) is 4.84 Å². The van der Waals surface area contributed by atoms with Crippen LogP contribution < -0.4 is 10.8 Å². The van der Waals surface area contributed by atoms with Gasteiger partial charge in [-0.05, 0) is 26.0 Å². The highest BCUT2D eigenvalue weighted by Crippen LogP contribution is 2.04. The molecule has 1 aromatic carbocycles. The van der Waals surface area contributed by atoms with E-state index in [9.17, 15) is 4.79 Å². The molecule has 0 spiro atoms. The van der Waals surface area contributed by atoms with E-state index < -0.39 is 6.09 Å². The SMILES string of the molecule is CC(C)NOC(=O)Nc1ccccc1. The number of nitrogens with one attached hydrogen (secondary N) is 2. The van der Waals surface area contributed by atoms with Crippen molar-refractivity contribution in [1.29, 1.82) is 0 Å². The molecule has 0 aliphatic rings. The first kappa shape index (κ1) is 10.5. The summed E-state index contributed by atoms with van der Waals surface area (Å²) in [6.07, 6.45) is -0.509. The van der Waals surface area contributed by atoms with Gasteiger partial charge in [0, 0.05) is 11.7 Å². The highest BCUT2D eigenvalue weighted by atomic mass is 16.7. The molecule has 0 aromatic heterocycles. The minimum Gasteiger partial charge on any atom is -0.353 e. The number of amides is 1. The minimum absolute atomic E-state index is 0.108. The van der Waals surface area contributed by atoms with Crippen molar-refractivity contribution in [2.24, 2.45) is 0 Å². The van der Waals surface area contributed by atoms with Crippen molar-refractivity contribution >= 4 is 11.8 Å². The lowest BCUT2D eigenvalue weighted by molar-refractivity contribution is 0.0878. The number of para-hydroxylation sites is 1. The van der Waals surface area contributed by atoms with Gasteiger partial charge in [-0.3, -0.25) is 5.32 Å². The zero-order valence-electron chi connectivity index (χ0n) is 8.28. The summed E-state index contributed by atoms with van der Waals surface area (Å²) >= 11 is 0. The van der Waals surface area contributed by atoms with Crippen molar-refractivity contribution in [3.8, 4) is 0 Å². The predicted octanol–water partition coefficient (Wildman–Crippen LogP) is 2.15. The van der Waals surface area contributed by atoms with Crippen LogP contribution in [0.4, 0.5) is 10.5 Å². The van der Waals surface area contributed by atoms with Crippen molar-refractivity contribution in [2.75, 3.05) is 5.32 Å². The molecule has 0 aliphatic heterocycles. The van der Waals surface area contributed by atoms with Gasteiger partial charge in [0.25, 0.3) is 0 Å². The summed E-state index contributed by atoms with van der Waals surface area (Å²) in [5.41, 5.74) is 3.26. The van der Waals surface area contributed by atoms with Crippen LogP contribution in [0.1, 0.15) is 13.8 Å². The summed E-state index contributed by atoms with van der Waals surface area (Å²) in [5, 5.41) is 2.57. The highest BCUT2D eigenvalue weighted by molar-refractivity contribution is 5.84. The maximum Gasteiger partial charge on any atom is 0.430 e. The Morgan fingerprint density at radius 1 is 1.29 bits per heavy atom. The Bertz CT molecular complexity index is 285. The lowest BCUT2D eigenvalue weighted by Crippen LogP contribution is -2.29. The molecular weight excluding hydrogens is 180 g/mol. The Balaban J connectivity index is 2.35. The van der Waals surface area contributed by atoms with Crippen LogP contribution in [0, 0.1) is 0 Å². The molecule has 2 N–H and O–H groups in total. The maximum absolute atomic E-state index is 11.1. The van der Waals surface area contributed by atoms with E-state index in [1.807, 2.05) is 32.0 Å². The lowest BCUT2D eigenvalue weighted by atomic mass is 10.3. The van der Waals surface area contributed by atoms with E-state index >= 15 is 0 Å². The number of hydrogen-bond acceptors (Lipinski definition) is 3. The first-order valence-corrected chi connectivity index (χ1v) is 4.47. The normalized spacial score (nSPS) is 9.93. The fraction of sp³-hybridized carbons (Fsp3) is 0.300. The van der Waals surface area contributed by atoms with E-state index in [0.29, 0.717) is 5.69 Å². The summed E-state index contributed by atoms with van der Waals surface area (Å²) in [4.78, 5) is 15.8. The number of anilines is 1. The summed E-state index contributed by atoms with van der Waals surface area (Å²) in [7, 11) is 0. The second kappa shape index (κ2) is 5.24. The summed E-state index contributed by atoms with van der Waals surface area (Å²) in [6.45, 7) is 3.77. The van der Waals surface area contributed by atoms with Crippen molar-refractivity contribution < 1.29 is 9.63 Å². The molecule has 14 heavy (non-hydrogen) atoms. The zero-order valence-corrected chi connectivity index (χ0v) is 8.28. The predicted molar refractivity (Wildman–Crippen MR) is 54.8 cm³/mol. The molecule has 0 saturated heterocycles. The van der Waals surface area contributed by atoms with Crippen LogP contribution in [0.2, 0.25) is 0 Å². The average molecular weight is 194 g/mol. The molecule has 0 heterocycles. The Morgan fingerprint density at radius 3 is 2.50 bits per heavy atom. The second-order valence-electron chi connectivity index (χ2n) is 3.15. The standard InChI is InChI=1S/C10H14N2O2/c1-8(2)12-14-10(13)11-9-6-4-3-5-7-9/h3-8,12H,1-2H3,(H,11,13). The van der Waals surface area contributed by atoms with Gasteiger partial charge in [0.15, 0.2) is 0 Å². The van der Waals surface area contributed by atoms with E-state index in [2.05, 4.69) is 10.8 Å². The first-order valence-electron chi connectivity index (χ1n) is 4.47. The molecule has 0 radical (unpaired) electrons. The summed E-state index contributed by atoms with van der Waals surface area (Å²) in [5.74, 6) is 0. The van der Waals surface area contributed by atoms with Crippen LogP contribution >= 0.6 is 0 Å². The van der Waals surface area contributed by atoms with Gasteiger partial charge in [-0.15, -0.1) is 5.48 Å². The van der Waals surface area contributed by atoms with Gasteiger partial charge in [0.1, 0.15) is 0 Å². The Labute approximate surface area is 83.2 Å². The Morgan fingerprint density at radius 2 is 1.93 bits per heavy atom. The molecule has 1 rings (SSSR count). The molecule has 0 aliphatic carbocycles. The smallest absolute Gasteiger partial charge is 0.353 e. The minimum atomic E-state index is -0.509. The number of hydrogen-bond donors (Lipinski definition) is 2. The molecule has 0 bridgehead atoms. The van der Waals surface area contributed by atoms with E-state index in [4.69, 9.17) is 4.84 Å². The van der Waals surface area contributed by atoms with Crippen molar-refractivity contribution in [1.82, 2.24) is 5.48 Å². The molecule has 0 saturated carbocycles. The van der Waals surface area contributed by atoms with E-state index in [-0.39, 0.29) is 6.04 Å². The van der Waals surface area contributed by atoms with Gasteiger partial charge in [0.2, 0.25) is 0 Å². The summed E-state index contributed by atoms with van der Waals surface area (Å²) in [6, 6.07) is 9.24. The number of carbonyl (C=O) groups excluding carboxylic acids is 1. The molecule has 1 aromatic rings. The second-order valence-corrected chi connectivity index (χ2v) is 3.15. The number of hydroxylamine groups is 1. The van der Waals surface area contributed by atoms with Gasteiger partial charge >= 0.3 is 6.09 Å². The fourth-order valence-electron chi connectivity index (χ4n) is 0.836. The number of carbonyl (C=O) groups is 1. The van der Waals surface area contributed by atoms with Gasteiger partial charge in [-0.1, -0.05) is 18.2 Å². The quantitative estimate of drug-likeness (QED) is 0.725. The topological polar surface area (TPSA) is 50.4 Å². The Kier molecular flexibility index (Phi) is 3.94. The fourth-order valence-corrected chi connectivity index (χ4v) is 0.836. The summed E-state index contributed by atoms with van der Waals surface area (Å²) < 4.78 is 0. The monoisotopic (exact) mass is 194 g/mol. The van der Waals surface area contributed by atoms with Gasteiger partial charge < -0.3 is 4.84 Å². The third-order valence-electron chi connectivity index (χ3n) is 1.41. The average Bonchev–Trinajstić information content (AvgIpc) is 2.16. The maximum atomic E-state index is 11.1. The van der Waals surface area contributed by atoms with E-state index in [0.717, 1.165) is 0 Å². The van der Waals surface area contributed by atoms with Crippen molar-refractivity contribution in [3.05, 3.63) is 30.3 Å². The molecule has 4 nitrogen and oxygen atoms in total. The number of rotatable bonds is 3. The molecule has 0 fully saturated rings. The molecule has 0 unspecified atom stereocenters. The van der Waals surface area contributed by atoms with Gasteiger partial charge in [-0.25, -0.2) is 4.79 Å². The molecular formula is C10H14N2O2. The van der Waals surface area contributed by atoms with Crippen LogP contribution in [-0.4, -0.2) is 12.1 Å².